The Kier molecular flexibility index (Phi) is 7.77. The number of aliphatic imine (C=N–C) groups is 1. The summed E-state index contributed by atoms with van der Waals surface area (Å²) in [6.07, 6.45) is 1.58. The predicted octanol–water partition coefficient (Wildman–Crippen LogP) is 3.39. The molecule has 2 heterocycles. The molecule has 0 bridgehead atoms. The van der Waals surface area contributed by atoms with Crippen LogP contribution in [0.25, 0.3) is 11.6 Å². The first-order chi connectivity index (χ1) is 12.7. The molecule has 0 spiro atoms. The molecular formula is C18H22FIN6O. The molecule has 0 radical (unpaired) electrons. The number of hydrogen-bond donors (Lipinski definition) is 3. The van der Waals surface area contributed by atoms with Gasteiger partial charge >= 0.3 is 0 Å². The Morgan fingerprint density at radius 1 is 1.30 bits per heavy atom. The van der Waals surface area contributed by atoms with Crippen molar-refractivity contribution in [1.82, 2.24) is 25.8 Å². The van der Waals surface area contributed by atoms with E-state index in [1.54, 1.807) is 37.5 Å². The van der Waals surface area contributed by atoms with Gasteiger partial charge in [-0.2, -0.15) is 0 Å². The maximum atomic E-state index is 13.3. The van der Waals surface area contributed by atoms with Crippen LogP contribution in [0.1, 0.15) is 23.9 Å². The van der Waals surface area contributed by atoms with Crippen molar-refractivity contribution in [2.45, 2.75) is 26.9 Å². The number of H-pyrrole nitrogens is 1. The molecule has 0 unspecified atom stereocenters. The van der Waals surface area contributed by atoms with E-state index in [2.05, 4.69) is 30.8 Å². The number of rotatable bonds is 6. The minimum absolute atomic E-state index is 0. The number of aryl methyl sites for hydroxylation is 1. The maximum Gasteiger partial charge on any atom is 0.216 e. The Hall–Kier alpha value is -2.43. The molecule has 1 aromatic carbocycles. The van der Waals surface area contributed by atoms with E-state index in [1.165, 1.54) is 6.07 Å². The summed E-state index contributed by atoms with van der Waals surface area (Å²) in [5, 5.41) is 13.4. The van der Waals surface area contributed by atoms with Gasteiger partial charge in [-0.3, -0.25) is 5.10 Å². The first-order valence-corrected chi connectivity index (χ1v) is 8.38. The monoisotopic (exact) mass is 484 g/mol. The van der Waals surface area contributed by atoms with Crippen molar-refractivity contribution in [3.8, 4) is 11.6 Å². The largest absolute Gasteiger partial charge is 0.461 e. The third kappa shape index (κ3) is 5.78. The fourth-order valence-electron chi connectivity index (χ4n) is 2.38. The first kappa shape index (κ1) is 20.9. The molecule has 0 saturated carbocycles. The van der Waals surface area contributed by atoms with Gasteiger partial charge in [0.1, 0.15) is 11.6 Å². The molecule has 2 aromatic heterocycles. The van der Waals surface area contributed by atoms with E-state index in [1.807, 2.05) is 6.92 Å². The van der Waals surface area contributed by atoms with Gasteiger partial charge in [-0.1, -0.05) is 12.1 Å². The maximum absolute atomic E-state index is 13.3. The van der Waals surface area contributed by atoms with Gasteiger partial charge in [-0.05, 0) is 43.2 Å². The molecule has 0 aliphatic carbocycles. The number of furan rings is 1. The number of nitrogens with one attached hydrogen (secondary N) is 3. The second-order valence-corrected chi connectivity index (χ2v) is 5.72. The zero-order valence-corrected chi connectivity index (χ0v) is 17.5. The van der Waals surface area contributed by atoms with Crippen LogP contribution in [0.5, 0.6) is 0 Å². The van der Waals surface area contributed by atoms with Crippen LogP contribution in [-0.4, -0.2) is 27.7 Å². The van der Waals surface area contributed by atoms with Crippen LogP contribution in [0.2, 0.25) is 0 Å². The van der Waals surface area contributed by atoms with Gasteiger partial charge in [-0.25, -0.2) is 14.4 Å². The summed E-state index contributed by atoms with van der Waals surface area (Å²) in [5.41, 5.74) is 1.56. The quantitative estimate of drug-likeness (QED) is 0.284. The Bertz CT molecular complexity index is 878. The SMILES string of the molecule is CCNC(=NCc1ccc(F)c(C)c1)NCc1nc(-c2ccco2)n[nH]1.I. The van der Waals surface area contributed by atoms with Crippen LogP contribution in [0, 0.1) is 12.7 Å². The van der Waals surface area contributed by atoms with Gasteiger partial charge in [-0.15, -0.1) is 29.1 Å². The molecule has 0 amide bonds. The topological polar surface area (TPSA) is 91.1 Å². The number of guanidine groups is 1. The van der Waals surface area contributed by atoms with Crippen LogP contribution in [0.15, 0.2) is 46.0 Å². The van der Waals surface area contributed by atoms with Crippen molar-refractivity contribution in [3.63, 3.8) is 0 Å². The van der Waals surface area contributed by atoms with E-state index in [-0.39, 0.29) is 29.8 Å². The lowest BCUT2D eigenvalue weighted by Crippen LogP contribution is -2.37. The van der Waals surface area contributed by atoms with Crippen molar-refractivity contribution in [2.24, 2.45) is 4.99 Å². The Morgan fingerprint density at radius 2 is 2.15 bits per heavy atom. The van der Waals surface area contributed by atoms with Crippen molar-refractivity contribution < 1.29 is 8.81 Å². The van der Waals surface area contributed by atoms with E-state index < -0.39 is 0 Å². The lowest BCUT2D eigenvalue weighted by molar-refractivity contribution is 0.577. The van der Waals surface area contributed by atoms with Gasteiger partial charge in [0.2, 0.25) is 5.82 Å². The molecule has 3 N–H and O–H groups in total. The summed E-state index contributed by atoms with van der Waals surface area (Å²) < 4.78 is 18.6. The average Bonchev–Trinajstić information content (AvgIpc) is 3.31. The number of aromatic nitrogens is 3. The van der Waals surface area contributed by atoms with Crippen molar-refractivity contribution in [3.05, 3.63) is 59.4 Å². The summed E-state index contributed by atoms with van der Waals surface area (Å²) in [6, 6.07) is 8.59. The minimum Gasteiger partial charge on any atom is -0.461 e. The summed E-state index contributed by atoms with van der Waals surface area (Å²) in [5.74, 6) is 2.22. The highest BCUT2D eigenvalue weighted by atomic mass is 127. The molecule has 3 rings (SSSR count). The molecular weight excluding hydrogens is 462 g/mol. The molecule has 9 heteroatoms. The van der Waals surface area contributed by atoms with E-state index in [0.29, 0.717) is 42.0 Å². The van der Waals surface area contributed by atoms with Crippen molar-refractivity contribution in [1.29, 1.82) is 0 Å². The van der Waals surface area contributed by atoms with Crippen LogP contribution in [0.3, 0.4) is 0 Å². The highest BCUT2D eigenvalue weighted by Gasteiger charge is 2.08. The fraction of sp³-hybridized carbons (Fsp3) is 0.278. The molecule has 3 aromatic rings. The normalized spacial score (nSPS) is 11.1. The highest BCUT2D eigenvalue weighted by Crippen LogP contribution is 2.14. The molecule has 0 aliphatic heterocycles. The minimum atomic E-state index is -0.208. The average molecular weight is 484 g/mol. The lowest BCUT2D eigenvalue weighted by atomic mass is 10.1. The fourth-order valence-corrected chi connectivity index (χ4v) is 2.38. The Labute approximate surface area is 173 Å². The highest BCUT2D eigenvalue weighted by molar-refractivity contribution is 14.0. The van der Waals surface area contributed by atoms with Crippen LogP contribution in [-0.2, 0) is 13.1 Å². The summed E-state index contributed by atoms with van der Waals surface area (Å²) in [4.78, 5) is 8.89. The molecule has 7 nitrogen and oxygen atoms in total. The van der Waals surface area contributed by atoms with Crippen LogP contribution in [0.4, 0.5) is 4.39 Å². The second kappa shape index (κ2) is 10.0. The second-order valence-electron chi connectivity index (χ2n) is 5.72. The first-order valence-electron chi connectivity index (χ1n) is 8.38. The third-order valence-corrected chi connectivity index (χ3v) is 3.68. The molecule has 27 heavy (non-hydrogen) atoms. The van der Waals surface area contributed by atoms with Gasteiger partial charge in [0.15, 0.2) is 11.7 Å². The van der Waals surface area contributed by atoms with Gasteiger partial charge in [0, 0.05) is 6.54 Å². The van der Waals surface area contributed by atoms with E-state index in [9.17, 15) is 4.39 Å². The molecule has 0 fully saturated rings. The smallest absolute Gasteiger partial charge is 0.216 e. The Morgan fingerprint density at radius 3 is 2.85 bits per heavy atom. The summed E-state index contributed by atoms with van der Waals surface area (Å²) >= 11 is 0. The number of hydrogen-bond acceptors (Lipinski definition) is 4. The van der Waals surface area contributed by atoms with Crippen molar-refractivity contribution >= 4 is 29.9 Å². The number of nitrogens with zero attached hydrogens (tertiary/aromatic N) is 3. The molecule has 0 aliphatic rings. The van der Waals surface area contributed by atoms with Crippen LogP contribution >= 0.6 is 24.0 Å². The third-order valence-electron chi connectivity index (χ3n) is 3.68. The van der Waals surface area contributed by atoms with Gasteiger partial charge in [0.25, 0.3) is 0 Å². The predicted molar refractivity (Wildman–Crippen MR) is 112 cm³/mol. The zero-order valence-electron chi connectivity index (χ0n) is 15.1. The standard InChI is InChI=1S/C18H21FN6O.HI/c1-3-20-18(21-10-13-6-7-14(19)12(2)9-13)22-11-16-23-17(25-24-16)15-5-4-8-26-15;/h4-9H,3,10-11H2,1-2H3,(H2,20,21,22)(H,23,24,25);1H. The lowest BCUT2D eigenvalue weighted by Gasteiger charge is -2.10. The number of aromatic amines is 1. The Balaban J connectivity index is 0.00000261. The van der Waals surface area contributed by atoms with Gasteiger partial charge in [0.05, 0.1) is 19.4 Å². The summed E-state index contributed by atoms with van der Waals surface area (Å²) in [7, 11) is 0. The molecule has 0 atom stereocenters. The van der Waals surface area contributed by atoms with Crippen molar-refractivity contribution in [2.75, 3.05) is 6.54 Å². The number of halogens is 2. The van der Waals surface area contributed by atoms with E-state index >= 15 is 0 Å². The van der Waals surface area contributed by atoms with E-state index in [4.69, 9.17) is 4.42 Å². The summed E-state index contributed by atoms with van der Waals surface area (Å²) in [6.45, 7) is 5.34. The molecule has 0 saturated heterocycles. The number of benzene rings is 1. The molecule has 144 valence electrons. The van der Waals surface area contributed by atoms with E-state index in [0.717, 1.165) is 12.1 Å². The zero-order chi connectivity index (χ0) is 18.4. The van der Waals surface area contributed by atoms with Crippen LogP contribution < -0.4 is 10.6 Å². The van der Waals surface area contributed by atoms with Gasteiger partial charge < -0.3 is 15.1 Å².